The topological polar surface area (TPSA) is 79.7 Å². The van der Waals surface area contributed by atoms with E-state index in [0.29, 0.717) is 31.1 Å². The number of rotatable bonds is 5. The monoisotopic (exact) mass is 371 g/mol. The number of carbonyl (C=O) groups is 2. The molecule has 0 spiro atoms. The summed E-state index contributed by atoms with van der Waals surface area (Å²) in [6.45, 7) is 1.07. The summed E-state index contributed by atoms with van der Waals surface area (Å²) in [7, 11) is 7.08. The smallest absolute Gasteiger partial charge is 0.237 e. The van der Waals surface area contributed by atoms with Crippen LogP contribution in [0.5, 0.6) is 5.75 Å². The molecule has 1 aromatic carbocycles. The number of hydrogen-bond donors (Lipinski definition) is 1. The molecule has 2 aromatic rings. The summed E-state index contributed by atoms with van der Waals surface area (Å²) < 4.78 is 6.99. The number of methoxy groups -OCH3 is 1. The first-order valence-electron chi connectivity index (χ1n) is 8.78. The first-order chi connectivity index (χ1) is 12.9. The Balaban J connectivity index is 1.85. The molecule has 1 aliphatic rings. The molecule has 144 valence electrons. The maximum Gasteiger partial charge on any atom is 0.237 e. The summed E-state index contributed by atoms with van der Waals surface area (Å²) >= 11 is 0. The van der Waals surface area contributed by atoms with Crippen LogP contribution >= 0.6 is 0 Å². The van der Waals surface area contributed by atoms with E-state index in [4.69, 9.17) is 4.74 Å². The van der Waals surface area contributed by atoms with Crippen molar-refractivity contribution in [2.75, 3.05) is 39.6 Å². The minimum absolute atomic E-state index is 0.00963. The number of hydrogen-bond acceptors (Lipinski definition) is 5. The van der Waals surface area contributed by atoms with E-state index in [9.17, 15) is 9.59 Å². The molecule has 0 aliphatic carbocycles. The normalized spacial score (nSPS) is 16.2. The number of para-hydroxylation sites is 2. The maximum absolute atomic E-state index is 13.0. The van der Waals surface area contributed by atoms with Crippen LogP contribution in [0.3, 0.4) is 0 Å². The fourth-order valence-corrected chi connectivity index (χ4v) is 3.28. The largest absolute Gasteiger partial charge is 0.495 e. The third-order valence-electron chi connectivity index (χ3n) is 4.52. The fourth-order valence-electron chi connectivity index (χ4n) is 3.28. The molecular weight excluding hydrogens is 346 g/mol. The van der Waals surface area contributed by atoms with Gasteiger partial charge in [-0.25, -0.2) is 0 Å². The standard InChI is InChI=1S/C19H25N5O3/c1-22(2)12-17(25)24-10-13-9-23(3)21-18(13)14(11-24)19(26)20-15-7-5-6-8-16(15)27-4/h5-9,14H,10-12H2,1-4H3,(H,20,26)/t14-/m1/s1. The number of amides is 2. The lowest BCUT2D eigenvalue weighted by Gasteiger charge is -2.32. The van der Waals surface area contributed by atoms with E-state index in [2.05, 4.69) is 10.4 Å². The minimum Gasteiger partial charge on any atom is -0.495 e. The third kappa shape index (κ3) is 4.11. The number of ether oxygens (including phenoxy) is 1. The zero-order valence-electron chi connectivity index (χ0n) is 16.1. The van der Waals surface area contributed by atoms with Gasteiger partial charge in [-0.3, -0.25) is 14.3 Å². The van der Waals surface area contributed by atoms with Gasteiger partial charge in [0, 0.05) is 31.9 Å². The second kappa shape index (κ2) is 7.79. The number of anilines is 1. The highest BCUT2D eigenvalue weighted by Gasteiger charge is 2.35. The van der Waals surface area contributed by atoms with Gasteiger partial charge in [0.1, 0.15) is 11.7 Å². The van der Waals surface area contributed by atoms with Crippen molar-refractivity contribution in [1.29, 1.82) is 0 Å². The summed E-state index contributed by atoms with van der Waals surface area (Å²) in [5.74, 6) is -0.166. The molecule has 2 amide bonds. The van der Waals surface area contributed by atoms with Gasteiger partial charge in [0.05, 0.1) is 25.0 Å². The van der Waals surface area contributed by atoms with E-state index in [-0.39, 0.29) is 11.8 Å². The van der Waals surface area contributed by atoms with E-state index in [0.717, 1.165) is 11.3 Å². The van der Waals surface area contributed by atoms with Crippen LogP contribution < -0.4 is 10.1 Å². The van der Waals surface area contributed by atoms with E-state index in [1.807, 2.05) is 44.4 Å². The van der Waals surface area contributed by atoms with E-state index >= 15 is 0 Å². The van der Waals surface area contributed by atoms with Gasteiger partial charge in [-0.05, 0) is 26.2 Å². The van der Waals surface area contributed by atoms with Crippen molar-refractivity contribution in [3.8, 4) is 5.75 Å². The molecule has 1 aromatic heterocycles. The number of nitrogens with zero attached hydrogens (tertiary/aromatic N) is 4. The lowest BCUT2D eigenvalue weighted by atomic mass is 9.95. The van der Waals surface area contributed by atoms with Gasteiger partial charge >= 0.3 is 0 Å². The number of benzene rings is 1. The number of likely N-dealkylation sites (N-methyl/N-ethyl adjacent to an activating group) is 1. The van der Waals surface area contributed by atoms with Crippen LogP contribution in [-0.4, -0.2) is 65.7 Å². The first-order valence-corrected chi connectivity index (χ1v) is 8.78. The summed E-state index contributed by atoms with van der Waals surface area (Å²) in [6.07, 6.45) is 1.87. The lowest BCUT2D eigenvalue weighted by Crippen LogP contribution is -2.44. The van der Waals surface area contributed by atoms with Crippen molar-refractivity contribution < 1.29 is 14.3 Å². The van der Waals surface area contributed by atoms with Crippen molar-refractivity contribution in [1.82, 2.24) is 19.6 Å². The van der Waals surface area contributed by atoms with Gasteiger partial charge in [0.2, 0.25) is 11.8 Å². The highest BCUT2D eigenvalue weighted by molar-refractivity contribution is 5.97. The van der Waals surface area contributed by atoms with Crippen molar-refractivity contribution in [2.45, 2.75) is 12.5 Å². The summed E-state index contributed by atoms with van der Waals surface area (Å²) in [6, 6.07) is 7.25. The van der Waals surface area contributed by atoms with Crippen LogP contribution in [0.15, 0.2) is 30.5 Å². The average Bonchev–Trinajstić information content (AvgIpc) is 3.00. The SMILES string of the molecule is COc1ccccc1NC(=O)[C@@H]1CN(C(=O)CN(C)C)Cc2cn(C)nc21. The Bertz CT molecular complexity index is 846. The molecule has 0 fully saturated rings. The van der Waals surface area contributed by atoms with Crippen LogP contribution in [0.1, 0.15) is 17.2 Å². The zero-order valence-corrected chi connectivity index (χ0v) is 16.1. The molecule has 27 heavy (non-hydrogen) atoms. The maximum atomic E-state index is 13.0. The molecule has 1 aliphatic heterocycles. The second-order valence-corrected chi connectivity index (χ2v) is 6.97. The van der Waals surface area contributed by atoms with Gasteiger partial charge < -0.3 is 19.9 Å². The summed E-state index contributed by atoms with van der Waals surface area (Å²) in [4.78, 5) is 29.1. The highest BCUT2D eigenvalue weighted by atomic mass is 16.5. The van der Waals surface area contributed by atoms with Crippen molar-refractivity contribution in [3.63, 3.8) is 0 Å². The number of aryl methyl sites for hydroxylation is 1. The zero-order chi connectivity index (χ0) is 19.6. The lowest BCUT2D eigenvalue weighted by molar-refractivity contribution is -0.133. The Hall–Kier alpha value is -2.87. The molecule has 1 atom stereocenters. The van der Waals surface area contributed by atoms with Crippen molar-refractivity contribution in [3.05, 3.63) is 41.7 Å². The highest BCUT2D eigenvalue weighted by Crippen LogP contribution is 2.30. The predicted molar refractivity (Wildman–Crippen MR) is 102 cm³/mol. The fraction of sp³-hybridized carbons (Fsp3) is 0.421. The predicted octanol–water partition coefficient (Wildman–Crippen LogP) is 1.05. The number of fused-ring (bicyclic) bond motifs is 1. The van der Waals surface area contributed by atoms with Crippen LogP contribution in [0.4, 0.5) is 5.69 Å². The van der Waals surface area contributed by atoms with Crippen LogP contribution in [0, 0.1) is 0 Å². The molecule has 8 nitrogen and oxygen atoms in total. The molecule has 0 saturated heterocycles. The van der Waals surface area contributed by atoms with Crippen LogP contribution in [0.2, 0.25) is 0 Å². The van der Waals surface area contributed by atoms with Crippen molar-refractivity contribution in [2.24, 2.45) is 7.05 Å². The Morgan fingerprint density at radius 1 is 1.33 bits per heavy atom. The van der Waals surface area contributed by atoms with E-state index < -0.39 is 5.92 Å². The number of carbonyl (C=O) groups excluding carboxylic acids is 2. The Morgan fingerprint density at radius 3 is 2.78 bits per heavy atom. The second-order valence-electron chi connectivity index (χ2n) is 6.97. The minimum atomic E-state index is -0.536. The number of nitrogens with one attached hydrogen (secondary N) is 1. The molecule has 0 saturated carbocycles. The van der Waals surface area contributed by atoms with Gasteiger partial charge in [-0.2, -0.15) is 5.10 Å². The van der Waals surface area contributed by atoms with E-state index in [1.165, 1.54) is 0 Å². The Morgan fingerprint density at radius 2 is 2.07 bits per heavy atom. The van der Waals surface area contributed by atoms with Crippen LogP contribution in [0.25, 0.3) is 0 Å². The summed E-state index contributed by atoms with van der Waals surface area (Å²) in [5, 5.41) is 7.39. The third-order valence-corrected chi connectivity index (χ3v) is 4.52. The van der Waals surface area contributed by atoms with Gasteiger partial charge in [-0.1, -0.05) is 12.1 Å². The summed E-state index contributed by atoms with van der Waals surface area (Å²) in [5.41, 5.74) is 2.22. The van der Waals surface area contributed by atoms with Crippen LogP contribution in [-0.2, 0) is 23.2 Å². The molecule has 3 rings (SSSR count). The van der Waals surface area contributed by atoms with Gasteiger partial charge in [-0.15, -0.1) is 0 Å². The molecule has 1 N–H and O–H groups in total. The Kier molecular flexibility index (Phi) is 5.46. The molecule has 0 radical (unpaired) electrons. The first kappa shape index (κ1) is 18.9. The molecule has 8 heteroatoms. The molecule has 0 bridgehead atoms. The van der Waals surface area contributed by atoms with Gasteiger partial charge in [0.15, 0.2) is 0 Å². The van der Waals surface area contributed by atoms with Crippen molar-refractivity contribution >= 4 is 17.5 Å². The molecule has 0 unspecified atom stereocenters. The Labute approximate surface area is 158 Å². The molecular formula is C19H25N5O3. The molecule has 2 heterocycles. The quantitative estimate of drug-likeness (QED) is 0.850. The van der Waals surface area contributed by atoms with E-state index in [1.54, 1.807) is 28.8 Å². The van der Waals surface area contributed by atoms with Gasteiger partial charge in [0.25, 0.3) is 0 Å². The average molecular weight is 371 g/mol. The number of aromatic nitrogens is 2.